The van der Waals surface area contributed by atoms with E-state index >= 15 is 0 Å². The van der Waals surface area contributed by atoms with Gasteiger partial charge in [-0.05, 0) is 29.8 Å². The van der Waals surface area contributed by atoms with Crippen molar-refractivity contribution in [2.75, 3.05) is 27.1 Å². The summed E-state index contributed by atoms with van der Waals surface area (Å²) in [5.41, 5.74) is 8.23. The van der Waals surface area contributed by atoms with E-state index in [1.165, 1.54) is 0 Å². The maximum Gasteiger partial charge on any atom is 0.214 e. The fourth-order valence-corrected chi connectivity index (χ4v) is 2.54. The number of benzene rings is 2. The SMILES string of the molecule is COc1cc(N)c2nc(OCc3ccc(OC)c(OC)c3)ccc2c1. The standard InChI is InChI=1S/C19H20N2O4/c1-22-14-9-13-5-7-18(21-19(13)15(20)10-14)25-11-12-4-6-16(23-2)17(8-12)24-3/h4-10H,11,20H2,1-3H3. The van der Waals surface area contributed by atoms with Gasteiger partial charge in [-0.15, -0.1) is 0 Å². The number of hydrogen-bond acceptors (Lipinski definition) is 6. The smallest absolute Gasteiger partial charge is 0.214 e. The second-order valence-corrected chi connectivity index (χ2v) is 5.42. The fraction of sp³-hybridized carbons (Fsp3) is 0.211. The zero-order valence-electron chi connectivity index (χ0n) is 14.4. The zero-order chi connectivity index (χ0) is 17.8. The minimum atomic E-state index is 0.356. The number of nitrogens with two attached hydrogens (primary N) is 1. The Balaban J connectivity index is 1.80. The van der Waals surface area contributed by atoms with Crippen LogP contribution in [0.4, 0.5) is 5.69 Å². The summed E-state index contributed by atoms with van der Waals surface area (Å²) in [4.78, 5) is 4.48. The van der Waals surface area contributed by atoms with Gasteiger partial charge in [0, 0.05) is 17.5 Å². The van der Waals surface area contributed by atoms with Crippen molar-refractivity contribution in [3.63, 3.8) is 0 Å². The van der Waals surface area contributed by atoms with Crippen molar-refractivity contribution in [3.05, 3.63) is 48.0 Å². The minimum Gasteiger partial charge on any atom is -0.497 e. The molecule has 0 atom stereocenters. The topological polar surface area (TPSA) is 75.8 Å². The van der Waals surface area contributed by atoms with Gasteiger partial charge in [-0.25, -0.2) is 4.98 Å². The molecule has 0 aliphatic carbocycles. The first kappa shape index (κ1) is 16.7. The van der Waals surface area contributed by atoms with Gasteiger partial charge in [0.05, 0.1) is 32.5 Å². The maximum atomic E-state index is 6.05. The van der Waals surface area contributed by atoms with Gasteiger partial charge in [0.1, 0.15) is 12.4 Å². The van der Waals surface area contributed by atoms with Crippen LogP contribution < -0.4 is 24.7 Å². The Morgan fingerprint density at radius 2 is 1.68 bits per heavy atom. The van der Waals surface area contributed by atoms with Crippen molar-refractivity contribution in [1.82, 2.24) is 4.98 Å². The van der Waals surface area contributed by atoms with E-state index in [0.717, 1.165) is 10.9 Å². The summed E-state index contributed by atoms with van der Waals surface area (Å²) < 4.78 is 21.5. The molecule has 0 spiro atoms. The lowest BCUT2D eigenvalue weighted by Crippen LogP contribution is -2.00. The summed E-state index contributed by atoms with van der Waals surface area (Å²) in [6.45, 7) is 0.356. The van der Waals surface area contributed by atoms with Gasteiger partial charge in [-0.3, -0.25) is 0 Å². The molecule has 6 nitrogen and oxygen atoms in total. The third-order valence-electron chi connectivity index (χ3n) is 3.84. The lowest BCUT2D eigenvalue weighted by atomic mass is 10.2. The summed E-state index contributed by atoms with van der Waals surface area (Å²) in [6.07, 6.45) is 0. The van der Waals surface area contributed by atoms with E-state index in [1.54, 1.807) is 27.4 Å². The third kappa shape index (κ3) is 3.52. The van der Waals surface area contributed by atoms with Crippen LogP contribution in [0.25, 0.3) is 10.9 Å². The second kappa shape index (κ2) is 7.17. The maximum absolute atomic E-state index is 6.05. The monoisotopic (exact) mass is 340 g/mol. The van der Waals surface area contributed by atoms with Crippen LogP contribution in [-0.4, -0.2) is 26.3 Å². The molecule has 0 unspecified atom stereocenters. The van der Waals surface area contributed by atoms with Gasteiger partial charge in [0.25, 0.3) is 0 Å². The quantitative estimate of drug-likeness (QED) is 0.693. The number of aromatic nitrogens is 1. The highest BCUT2D eigenvalue weighted by molar-refractivity contribution is 5.91. The highest BCUT2D eigenvalue weighted by Crippen LogP contribution is 2.29. The van der Waals surface area contributed by atoms with Gasteiger partial charge in [0.2, 0.25) is 5.88 Å². The molecule has 130 valence electrons. The molecule has 6 heteroatoms. The van der Waals surface area contributed by atoms with Crippen molar-refractivity contribution in [2.45, 2.75) is 6.61 Å². The average Bonchev–Trinajstić information content (AvgIpc) is 2.66. The number of nitrogens with zero attached hydrogens (tertiary/aromatic N) is 1. The largest absolute Gasteiger partial charge is 0.497 e. The molecule has 0 bridgehead atoms. The van der Waals surface area contributed by atoms with Gasteiger partial charge in [-0.2, -0.15) is 0 Å². The molecule has 0 amide bonds. The van der Waals surface area contributed by atoms with E-state index in [1.807, 2.05) is 36.4 Å². The first-order chi connectivity index (χ1) is 12.1. The van der Waals surface area contributed by atoms with Crippen LogP contribution in [0.2, 0.25) is 0 Å². The van der Waals surface area contributed by atoms with Crippen LogP contribution in [0.15, 0.2) is 42.5 Å². The highest BCUT2D eigenvalue weighted by atomic mass is 16.5. The molecule has 3 rings (SSSR count). The Morgan fingerprint density at radius 3 is 2.40 bits per heavy atom. The van der Waals surface area contributed by atoms with Crippen LogP contribution in [0.5, 0.6) is 23.1 Å². The molecule has 1 heterocycles. The fourth-order valence-electron chi connectivity index (χ4n) is 2.54. The summed E-state index contributed by atoms with van der Waals surface area (Å²) in [7, 11) is 4.81. The molecule has 2 aromatic carbocycles. The number of pyridine rings is 1. The molecule has 2 N–H and O–H groups in total. The van der Waals surface area contributed by atoms with Crippen molar-refractivity contribution in [1.29, 1.82) is 0 Å². The van der Waals surface area contributed by atoms with E-state index < -0.39 is 0 Å². The molecule has 1 aromatic heterocycles. The van der Waals surface area contributed by atoms with E-state index in [-0.39, 0.29) is 0 Å². The van der Waals surface area contributed by atoms with Crippen LogP contribution in [0, 0.1) is 0 Å². The summed E-state index contributed by atoms with van der Waals surface area (Å²) in [5.74, 6) is 2.54. The Hall–Kier alpha value is -3.15. The lowest BCUT2D eigenvalue weighted by Gasteiger charge is -2.11. The molecule has 0 radical (unpaired) electrons. The number of fused-ring (bicyclic) bond motifs is 1. The normalized spacial score (nSPS) is 10.5. The van der Waals surface area contributed by atoms with Crippen molar-refractivity contribution in [2.24, 2.45) is 0 Å². The van der Waals surface area contributed by atoms with Crippen LogP contribution in [0.3, 0.4) is 0 Å². The zero-order valence-corrected chi connectivity index (χ0v) is 14.4. The molecule has 0 aliphatic rings. The van der Waals surface area contributed by atoms with Gasteiger partial charge >= 0.3 is 0 Å². The Kier molecular flexibility index (Phi) is 4.79. The molecule has 25 heavy (non-hydrogen) atoms. The first-order valence-corrected chi connectivity index (χ1v) is 7.72. The van der Waals surface area contributed by atoms with Crippen molar-refractivity contribution >= 4 is 16.6 Å². The Bertz CT molecular complexity index is 896. The van der Waals surface area contributed by atoms with E-state index in [4.69, 9.17) is 24.7 Å². The van der Waals surface area contributed by atoms with E-state index in [2.05, 4.69) is 4.98 Å². The molecule has 0 fully saturated rings. The Morgan fingerprint density at radius 1 is 0.880 bits per heavy atom. The highest BCUT2D eigenvalue weighted by Gasteiger charge is 2.08. The predicted octanol–water partition coefficient (Wildman–Crippen LogP) is 3.42. The molecule has 0 saturated heterocycles. The number of anilines is 1. The second-order valence-electron chi connectivity index (χ2n) is 5.42. The predicted molar refractivity (Wildman–Crippen MR) is 96.6 cm³/mol. The number of hydrogen-bond donors (Lipinski definition) is 1. The van der Waals surface area contributed by atoms with Crippen LogP contribution in [0.1, 0.15) is 5.56 Å². The van der Waals surface area contributed by atoms with E-state index in [0.29, 0.717) is 40.9 Å². The number of nitrogen functional groups attached to an aromatic ring is 1. The molecular formula is C19H20N2O4. The van der Waals surface area contributed by atoms with Gasteiger partial charge in [0.15, 0.2) is 11.5 Å². The van der Waals surface area contributed by atoms with E-state index in [9.17, 15) is 0 Å². The first-order valence-electron chi connectivity index (χ1n) is 7.72. The van der Waals surface area contributed by atoms with Crippen LogP contribution in [-0.2, 0) is 6.61 Å². The summed E-state index contributed by atoms with van der Waals surface area (Å²) >= 11 is 0. The number of rotatable bonds is 6. The Labute approximate surface area is 146 Å². The average molecular weight is 340 g/mol. The molecule has 0 saturated carbocycles. The van der Waals surface area contributed by atoms with Crippen molar-refractivity contribution in [3.8, 4) is 23.1 Å². The molecule has 3 aromatic rings. The molecular weight excluding hydrogens is 320 g/mol. The minimum absolute atomic E-state index is 0.356. The van der Waals surface area contributed by atoms with Gasteiger partial charge < -0.3 is 24.7 Å². The number of methoxy groups -OCH3 is 3. The number of ether oxygens (including phenoxy) is 4. The molecule has 0 aliphatic heterocycles. The lowest BCUT2D eigenvalue weighted by molar-refractivity contribution is 0.293. The summed E-state index contributed by atoms with van der Waals surface area (Å²) in [6, 6.07) is 13.0. The van der Waals surface area contributed by atoms with Crippen molar-refractivity contribution < 1.29 is 18.9 Å². The summed E-state index contributed by atoms with van der Waals surface area (Å²) in [5, 5.41) is 0.898. The van der Waals surface area contributed by atoms with Crippen LogP contribution >= 0.6 is 0 Å². The third-order valence-corrected chi connectivity index (χ3v) is 3.84. The van der Waals surface area contributed by atoms with Gasteiger partial charge in [-0.1, -0.05) is 6.07 Å².